The highest BCUT2D eigenvalue weighted by molar-refractivity contribution is 5.76. The van der Waals surface area contributed by atoms with E-state index in [1.807, 2.05) is 66.7 Å². The molecule has 1 atom stereocenters. The van der Waals surface area contributed by atoms with Crippen molar-refractivity contribution in [2.75, 3.05) is 0 Å². The molecule has 1 unspecified atom stereocenters. The van der Waals surface area contributed by atoms with Crippen LogP contribution in [0.3, 0.4) is 0 Å². The second-order valence-electron chi connectivity index (χ2n) is 7.83. The van der Waals surface area contributed by atoms with Crippen LogP contribution < -0.4 is 5.32 Å². The van der Waals surface area contributed by atoms with Gasteiger partial charge < -0.3 is 5.32 Å². The van der Waals surface area contributed by atoms with E-state index < -0.39 is 0 Å². The largest absolute Gasteiger partial charge is 0.353 e. The predicted molar refractivity (Wildman–Crippen MR) is 125 cm³/mol. The Bertz CT molecular complexity index is 1070. The second kappa shape index (κ2) is 10.5. The summed E-state index contributed by atoms with van der Waals surface area (Å²) >= 11 is 0. The van der Waals surface area contributed by atoms with E-state index in [2.05, 4.69) is 51.9 Å². The van der Waals surface area contributed by atoms with Gasteiger partial charge >= 0.3 is 0 Å². The lowest BCUT2D eigenvalue weighted by atomic mass is 9.86. The van der Waals surface area contributed by atoms with Crippen molar-refractivity contribution >= 4 is 5.91 Å². The van der Waals surface area contributed by atoms with E-state index in [0.29, 0.717) is 25.2 Å². The topological polar surface area (TPSA) is 72.7 Å². The number of amides is 1. The minimum atomic E-state index is -0.0403. The SMILES string of the molecule is CC(NC(=O)CCCn1nnc(-c2ccccc2)n1)C(c1ccccc1)c1ccccc1. The first-order chi connectivity index (χ1) is 15.7. The van der Waals surface area contributed by atoms with Crippen molar-refractivity contribution in [3.05, 3.63) is 102 Å². The van der Waals surface area contributed by atoms with Crippen LogP contribution >= 0.6 is 0 Å². The first-order valence-electron chi connectivity index (χ1n) is 10.9. The molecule has 0 saturated carbocycles. The van der Waals surface area contributed by atoms with E-state index in [1.165, 1.54) is 11.1 Å². The second-order valence-corrected chi connectivity index (χ2v) is 7.83. The molecule has 0 spiro atoms. The van der Waals surface area contributed by atoms with Crippen LogP contribution in [0.1, 0.15) is 36.8 Å². The zero-order chi connectivity index (χ0) is 22.2. The van der Waals surface area contributed by atoms with Gasteiger partial charge in [0.15, 0.2) is 0 Å². The van der Waals surface area contributed by atoms with Crippen molar-refractivity contribution in [3.8, 4) is 11.4 Å². The highest BCUT2D eigenvalue weighted by atomic mass is 16.1. The zero-order valence-electron chi connectivity index (χ0n) is 18.1. The quantitative estimate of drug-likeness (QED) is 0.430. The third-order valence-corrected chi connectivity index (χ3v) is 5.45. The molecule has 1 aromatic heterocycles. The molecule has 4 rings (SSSR count). The molecule has 0 aliphatic heterocycles. The number of nitrogens with one attached hydrogen (secondary N) is 1. The van der Waals surface area contributed by atoms with Crippen LogP contribution in [0, 0.1) is 0 Å². The van der Waals surface area contributed by atoms with Gasteiger partial charge in [0.2, 0.25) is 11.7 Å². The summed E-state index contributed by atoms with van der Waals surface area (Å²) in [6, 6.07) is 30.3. The summed E-state index contributed by atoms with van der Waals surface area (Å²) in [5.41, 5.74) is 3.30. The summed E-state index contributed by atoms with van der Waals surface area (Å²) in [6.07, 6.45) is 1.05. The standard InChI is InChI=1S/C26H27N5O/c1-20(25(21-12-5-2-6-13-21)22-14-7-3-8-15-22)27-24(32)18-11-19-31-29-26(28-30-31)23-16-9-4-10-17-23/h2-10,12-17,20,25H,11,18-19H2,1H3,(H,27,32). The van der Waals surface area contributed by atoms with Gasteiger partial charge in [0.1, 0.15) is 0 Å². The average Bonchev–Trinajstić information content (AvgIpc) is 3.30. The van der Waals surface area contributed by atoms with Crippen LogP contribution in [0.2, 0.25) is 0 Å². The van der Waals surface area contributed by atoms with E-state index in [9.17, 15) is 4.79 Å². The fourth-order valence-electron chi connectivity index (χ4n) is 3.92. The lowest BCUT2D eigenvalue weighted by molar-refractivity contribution is -0.121. The van der Waals surface area contributed by atoms with Gasteiger partial charge in [-0.05, 0) is 29.7 Å². The van der Waals surface area contributed by atoms with Crippen LogP contribution in [0.4, 0.5) is 0 Å². The number of aromatic nitrogens is 4. The van der Waals surface area contributed by atoms with Crippen LogP contribution in [-0.4, -0.2) is 32.2 Å². The van der Waals surface area contributed by atoms with Crippen LogP contribution in [0.5, 0.6) is 0 Å². The molecule has 1 N–H and O–H groups in total. The fourth-order valence-corrected chi connectivity index (χ4v) is 3.92. The molecule has 32 heavy (non-hydrogen) atoms. The molecule has 0 saturated heterocycles. The van der Waals surface area contributed by atoms with Crippen LogP contribution in [-0.2, 0) is 11.3 Å². The fraction of sp³-hybridized carbons (Fsp3) is 0.231. The lowest BCUT2D eigenvalue weighted by Crippen LogP contribution is -2.37. The maximum Gasteiger partial charge on any atom is 0.220 e. The Hall–Kier alpha value is -3.80. The van der Waals surface area contributed by atoms with Gasteiger partial charge in [0, 0.05) is 23.9 Å². The summed E-state index contributed by atoms with van der Waals surface area (Å²) in [5, 5.41) is 15.8. The number of benzene rings is 3. The zero-order valence-corrected chi connectivity index (χ0v) is 18.1. The van der Waals surface area contributed by atoms with E-state index in [0.717, 1.165) is 5.56 Å². The molecule has 1 amide bonds. The van der Waals surface area contributed by atoms with Gasteiger partial charge in [-0.3, -0.25) is 4.79 Å². The van der Waals surface area contributed by atoms with Crippen molar-refractivity contribution in [2.45, 2.75) is 38.3 Å². The molecule has 0 radical (unpaired) electrons. The molecule has 0 aliphatic carbocycles. The van der Waals surface area contributed by atoms with Crippen molar-refractivity contribution in [1.82, 2.24) is 25.5 Å². The smallest absolute Gasteiger partial charge is 0.220 e. The van der Waals surface area contributed by atoms with Crippen LogP contribution in [0.25, 0.3) is 11.4 Å². The number of rotatable bonds is 9. The molecule has 162 valence electrons. The Morgan fingerprint density at radius 1 is 0.875 bits per heavy atom. The normalized spacial score (nSPS) is 11.9. The lowest BCUT2D eigenvalue weighted by Gasteiger charge is -2.26. The van der Waals surface area contributed by atoms with E-state index >= 15 is 0 Å². The average molecular weight is 426 g/mol. The van der Waals surface area contributed by atoms with Gasteiger partial charge in [-0.25, -0.2) is 0 Å². The summed E-state index contributed by atoms with van der Waals surface area (Å²) in [5.74, 6) is 0.710. The van der Waals surface area contributed by atoms with Gasteiger partial charge in [0.25, 0.3) is 0 Å². The molecule has 0 fully saturated rings. The first-order valence-corrected chi connectivity index (χ1v) is 10.9. The van der Waals surface area contributed by atoms with Crippen molar-refractivity contribution < 1.29 is 4.79 Å². The molecule has 4 aromatic rings. The summed E-state index contributed by atoms with van der Waals surface area (Å²) in [7, 11) is 0. The molecule has 3 aromatic carbocycles. The summed E-state index contributed by atoms with van der Waals surface area (Å²) < 4.78 is 0. The summed E-state index contributed by atoms with van der Waals surface area (Å²) in [4.78, 5) is 14.2. The molecular formula is C26H27N5O. The molecule has 0 bridgehead atoms. The monoisotopic (exact) mass is 425 g/mol. The number of tetrazole rings is 1. The molecule has 6 heteroatoms. The Labute approximate surface area is 188 Å². The number of hydrogen-bond donors (Lipinski definition) is 1. The summed E-state index contributed by atoms with van der Waals surface area (Å²) in [6.45, 7) is 2.61. The third-order valence-electron chi connectivity index (χ3n) is 5.45. The molecule has 1 heterocycles. The highest BCUT2D eigenvalue weighted by Crippen LogP contribution is 2.28. The Morgan fingerprint density at radius 2 is 1.44 bits per heavy atom. The number of aryl methyl sites for hydroxylation is 1. The predicted octanol–water partition coefficient (Wildman–Crippen LogP) is 4.46. The van der Waals surface area contributed by atoms with E-state index in [1.54, 1.807) is 4.80 Å². The van der Waals surface area contributed by atoms with E-state index in [-0.39, 0.29) is 17.9 Å². The Kier molecular flexibility index (Phi) is 7.02. The Balaban J connectivity index is 1.33. The minimum Gasteiger partial charge on any atom is -0.353 e. The van der Waals surface area contributed by atoms with E-state index in [4.69, 9.17) is 0 Å². The minimum absolute atomic E-state index is 0.0257. The number of nitrogens with zero attached hydrogens (tertiary/aromatic N) is 4. The maximum atomic E-state index is 12.7. The Morgan fingerprint density at radius 3 is 2.03 bits per heavy atom. The van der Waals surface area contributed by atoms with Gasteiger partial charge in [-0.2, -0.15) is 4.80 Å². The highest BCUT2D eigenvalue weighted by Gasteiger charge is 2.22. The van der Waals surface area contributed by atoms with Gasteiger partial charge in [0.05, 0.1) is 6.54 Å². The van der Waals surface area contributed by atoms with Crippen molar-refractivity contribution in [2.24, 2.45) is 0 Å². The van der Waals surface area contributed by atoms with Crippen molar-refractivity contribution in [1.29, 1.82) is 0 Å². The molecule has 6 nitrogen and oxygen atoms in total. The van der Waals surface area contributed by atoms with Crippen molar-refractivity contribution in [3.63, 3.8) is 0 Å². The number of carbonyl (C=O) groups is 1. The molecule has 0 aliphatic rings. The number of carbonyl (C=O) groups excluding carboxylic acids is 1. The number of hydrogen-bond acceptors (Lipinski definition) is 4. The first kappa shape index (κ1) is 21.4. The maximum absolute atomic E-state index is 12.7. The van der Waals surface area contributed by atoms with Crippen LogP contribution in [0.15, 0.2) is 91.0 Å². The van der Waals surface area contributed by atoms with Gasteiger partial charge in [-0.1, -0.05) is 91.0 Å². The van der Waals surface area contributed by atoms with Gasteiger partial charge in [-0.15, -0.1) is 10.2 Å². The molecular weight excluding hydrogens is 398 g/mol. The third kappa shape index (κ3) is 5.46.